The van der Waals surface area contributed by atoms with E-state index in [1.165, 1.54) is 53.8 Å². The standard InChI is InChI=1S/C24H22F4N6O/c1-2-34(23(35)18-15-16(25)7-8-17(18)22-31-10-4-11-32-22)14-13-30-12-9-19(29)20-5-3-6-21(33-20)24(26,27)28/h3-12,15H,2,13-14,29H2,1H3/p+1. The molecule has 0 bridgehead atoms. The molecule has 3 aromatic rings. The fourth-order valence-corrected chi connectivity index (χ4v) is 3.17. The Morgan fingerprint density at radius 2 is 1.89 bits per heavy atom. The van der Waals surface area contributed by atoms with Gasteiger partial charge in [-0.2, -0.15) is 13.2 Å². The fraction of sp³-hybridized carbons (Fsp3) is 0.208. The largest absolute Gasteiger partial charge is 0.433 e. The number of carbonyl (C=O) groups excluding carboxylic acids is 1. The maximum absolute atomic E-state index is 13.9. The summed E-state index contributed by atoms with van der Waals surface area (Å²) < 4.78 is 52.4. The number of nitrogens with two attached hydrogens (primary N) is 1. The van der Waals surface area contributed by atoms with E-state index in [1.807, 2.05) is 0 Å². The first kappa shape index (κ1) is 25.5. The second-order valence-electron chi connectivity index (χ2n) is 7.30. The molecule has 11 heteroatoms. The molecule has 0 unspecified atom stereocenters. The summed E-state index contributed by atoms with van der Waals surface area (Å²) in [6, 6.07) is 8.97. The van der Waals surface area contributed by atoms with Crippen molar-refractivity contribution in [2.24, 2.45) is 5.73 Å². The molecular weight excluding hydrogens is 464 g/mol. The van der Waals surface area contributed by atoms with Gasteiger partial charge in [-0.05, 0) is 43.3 Å². The lowest BCUT2D eigenvalue weighted by atomic mass is 10.0. The Hall–Kier alpha value is -4.15. The van der Waals surface area contributed by atoms with E-state index in [2.05, 4.69) is 19.9 Å². The zero-order valence-electron chi connectivity index (χ0n) is 18.8. The van der Waals surface area contributed by atoms with Crippen molar-refractivity contribution in [3.05, 3.63) is 83.7 Å². The first-order valence-corrected chi connectivity index (χ1v) is 10.6. The van der Waals surface area contributed by atoms with Crippen molar-refractivity contribution in [3.63, 3.8) is 0 Å². The Bertz CT molecular complexity index is 1230. The molecule has 2 aromatic heterocycles. The molecule has 0 saturated carbocycles. The first-order valence-electron chi connectivity index (χ1n) is 10.6. The van der Waals surface area contributed by atoms with Gasteiger partial charge in [0.05, 0.1) is 23.5 Å². The van der Waals surface area contributed by atoms with Gasteiger partial charge in [0.25, 0.3) is 5.91 Å². The number of benzene rings is 1. The van der Waals surface area contributed by atoms with Crippen molar-refractivity contribution >= 4 is 17.8 Å². The quantitative estimate of drug-likeness (QED) is 0.375. The van der Waals surface area contributed by atoms with Crippen molar-refractivity contribution in [1.29, 1.82) is 0 Å². The molecule has 0 saturated heterocycles. The number of alkyl halides is 3. The number of allylic oxidation sites excluding steroid dienone is 1. The highest BCUT2D eigenvalue weighted by molar-refractivity contribution is 6.00. The van der Waals surface area contributed by atoms with Gasteiger partial charge in [0, 0.05) is 30.6 Å². The van der Waals surface area contributed by atoms with Crippen LogP contribution in [-0.4, -0.2) is 51.6 Å². The number of pyridine rings is 1. The van der Waals surface area contributed by atoms with Gasteiger partial charge in [0.2, 0.25) is 0 Å². The minimum Gasteiger partial charge on any atom is -0.397 e. The van der Waals surface area contributed by atoms with Gasteiger partial charge >= 0.3 is 6.18 Å². The van der Waals surface area contributed by atoms with Gasteiger partial charge in [-0.25, -0.2) is 24.3 Å². The number of likely N-dealkylation sites (N-methyl/N-ethyl adjacent to an activating group) is 1. The number of hydrogen-bond donors (Lipinski definition) is 2. The van der Waals surface area contributed by atoms with Crippen molar-refractivity contribution < 1.29 is 27.3 Å². The van der Waals surface area contributed by atoms with E-state index in [4.69, 9.17) is 5.73 Å². The summed E-state index contributed by atoms with van der Waals surface area (Å²) >= 11 is 0. The number of carbonyl (C=O) groups is 1. The number of halogens is 4. The maximum Gasteiger partial charge on any atom is 0.433 e. The molecule has 3 rings (SSSR count). The van der Waals surface area contributed by atoms with E-state index >= 15 is 0 Å². The predicted molar refractivity (Wildman–Crippen MR) is 122 cm³/mol. The van der Waals surface area contributed by atoms with Crippen LogP contribution in [0.1, 0.15) is 28.7 Å². The Balaban J connectivity index is 1.68. The average Bonchev–Trinajstić information content (AvgIpc) is 2.85. The van der Waals surface area contributed by atoms with Crippen LogP contribution in [-0.2, 0) is 6.18 Å². The molecule has 0 aliphatic heterocycles. The summed E-state index contributed by atoms with van der Waals surface area (Å²) in [4.78, 5) is 29.4. The minimum absolute atomic E-state index is 0.00926. The Kier molecular flexibility index (Phi) is 8.24. The van der Waals surface area contributed by atoms with Crippen molar-refractivity contribution in [1.82, 2.24) is 19.9 Å². The zero-order valence-corrected chi connectivity index (χ0v) is 18.8. The summed E-state index contributed by atoms with van der Waals surface area (Å²) in [5.41, 5.74) is 5.39. The molecular formula is C24H23F4N6O+. The number of aromatic nitrogens is 3. The molecule has 0 aliphatic rings. The molecule has 1 amide bonds. The number of hydrogen-bond acceptors (Lipinski definition) is 5. The summed E-state index contributed by atoms with van der Waals surface area (Å²) in [5, 5.41) is 0. The van der Waals surface area contributed by atoms with Crippen LogP contribution in [0.5, 0.6) is 0 Å². The van der Waals surface area contributed by atoms with Gasteiger partial charge in [-0.3, -0.25) is 4.79 Å². The molecule has 0 fully saturated rings. The number of nitrogens with zero attached hydrogens (tertiary/aromatic N) is 4. The molecule has 7 nitrogen and oxygen atoms in total. The molecule has 182 valence electrons. The number of amides is 1. The lowest BCUT2D eigenvalue weighted by Crippen LogP contribution is -2.71. The zero-order chi connectivity index (χ0) is 25.4. The number of nitrogens with one attached hydrogen (secondary N) is 1. The van der Waals surface area contributed by atoms with E-state index in [9.17, 15) is 22.4 Å². The summed E-state index contributed by atoms with van der Waals surface area (Å²) in [5.74, 6) is -0.638. The SMILES string of the molecule is CCN(CC[NH+]=CC=C(N)c1cccc(C(F)(F)F)n1)C(=O)c1cc(F)ccc1-c1ncccn1. The van der Waals surface area contributed by atoms with Gasteiger partial charge < -0.3 is 10.6 Å². The van der Waals surface area contributed by atoms with Crippen LogP contribution in [0.15, 0.2) is 60.9 Å². The van der Waals surface area contributed by atoms with E-state index in [0.717, 1.165) is 12.1 Å². The van der Waals surface area contributed by atoms with E-state index < -0.39 is 17.7 Å². The van der Waals surface area contributed by atoms with E-state index in [-0.39, 0.29) is 29.4 Å². The predicted octanol–water partition coefficient (Wildman–Crippen LogP) is 2.31. The van der Waals surface area contributed by atoms with Crippen LogP contribution < -0.4 is 10.7 Å². The highest BCUT2D eigenvalue weighted by Crippen LogP contribution is 2.28. The van der Waals surface area contributed by atoms with Crippen molar-refractivity contribution in [3.8, 4) is 11.4 Å². The van der Waals surface area contributed by atoms with Crippen LogP contribution >= 0.6 is 0 Å². The van der Waals surface area contributed by atoms with E-state index in [0.29, 0.717) is 24.5 Å². The molecule has 2 heterocycles. The fourth-order valence-electron chi connectivity index (χ4n) is 3.17. The van der Waals surface area contributed by atoms with Crippen LogP contribution in [0.4, 0.5) is 17.6 Å². The van der Waals surface area contributed by atoms with Gasteiger partial charge in [-0.15, -0.1) is 0 Å². The Morgan fingerprint density at radius 3 is 2.57 bits per heavy atom. The smallest absolute Gasteiger partial charge is 0.397 e. The van der Waals surface area contributed by atoms with Gasteiger partial charge in [-0.1, -0.05) is 6.07 Å². The lowest BCUT2D eigenvalue weighted by molar-refractivity contribution is -0.450. The molecule has 0 spiro atoms. The molecule has 35 heavy (non-hydrogen) atoms. The highest BCUT2D eigenvalue weighted by Gasteiger charge is 2.32. The molecule has 0 radical (unpaired) electrons. The second kappa shape index (κ2) is 11.3. The second-order valence-corrected chi connectivity index (χ2v) is 7.30. The third kappa shape index (κ3) is 6.69. The van der Waals surface area contributed by atoms with Crippen LogP contribution in [0.3, 0.4) is 0 Å². The van der Waals surface area contributed by atoms with Crippen LogP contribution in [0.2, 0.25) is 0 Å². The maximum atomic E-state index is 13.9. The Labute approximate surface area is 199 Å². The molecule has 1 aromatic carbocycles. The van der Waals surface area contributed by atoms with Crippen molar-refractivity contribution in [2.45, 2.75) is 13.1 Å². The normalized spacial score (nSPS) is 12.2. The summed E-state index contributed by atoms with van der Waals surface area (Å²) in [6.45, 7) is 2.73. The highest BCUT2D eigenvalue weighted by atomic mass is 19.4. The van der Waals surface area contributed by atoms with E-state index in [1.54, 1.807) is 13.0 Å². The third-order valence-electron chi connectivity index (χ3n) is 4.93. The summed E-state index contributed by atoms with van der Waals surface area (Å²) in [6.07, 6.45) is 1.35. The number of rotatable bonds is 8. The Morgan fingerprint density at radius 1 is 1.14 bits per heavy atom. The topological polar surface area (TPSA) is 99.0 Å². The first-order chi connectivity index (χ1) is 16.7. The third-order valence-corrected chi connectivity index (χ3v) is 4.93. The van der Waals surface area contributed by atoms with Gasteiger partial charge in [0.1, 0.15) is 11.5 Å². The summed E-state index contributed by atoms with van der Waals surface area (Å²) in [7, 11) is 0. The van der Waals surface area contributed by atoms with Crippen LogP contribution in [0, 0.1) is 5.82 Å². The van der Waals surface area contributed by atoms with Crippen molar-refractivity contribution in [2.75, 3.05) is 19.6 Å². The molecule has 3 N–H and O–H groups in total. The molecule has 0 atom stereocenters. The monoisotopic (exact) mass is 487 g/mol. The van der Waals surface area contributed by atoms with Crippen LogP contribution in [0.25, 0.3) is 17.1 Å². The lowest BCUT2D eigenvalue weighted by Gasteiger charge is -2.20. The molecule has 0 aliphatic carbocycles. The average molecular weight is 487 g/mol. The van der Waals surface area contributed by atoms with Gasteiger partial charge in [0.15, 0.2) is 18.6 Å². The minimum atomic E-state index is -4.57.